The molecule has 1 aromatic carbocycles. The Kier molecular flexibility index (Phi) is 2.23. The van der Waals surface area contributed by atoms with Crippen LogP contribution in [0.2, 0.25) is 0 Å². The highest BCUT2D eigenvalue weighted by molar-refractivity contribution is 5.81. The second-order valence-electron chi connectivity index (χ2n) is 3.09. The van der Waals surface area contributed by atoms with Gasteiger partial charge >= 0.3 is 0 Å². The van der Waals surface area contributed by atoms with Crippen LogP contribution in [-0.4, -0.2) is 12.0 Å². The highest BCUT2D eigenvalue weighted by atomic mass is 14.8. The van der Waals surface area contributed by atoms with Crippen molar-refractivity contribution in [2.24, 2.45) is 0 Å². The molecule has 0 unspecified atom stereocenters. The minimum Gasteiger partial charge on any atom is -0.316 e. The molecule has 2 rings (SSSR count). The first-order valence-corrected chi connectivity index (χ1v) is 4.37. The van der Waals surface area contributed by atoms with Crippen LogP contribution in [-0.2, 0) is 6.54 Å². The van der Waals surface area contributed by atoms with Crippen LogP contribution in [0.1, 0.15) is 5.56 Å². The highest BCUT2D eigenvalue weighted by Gasteiger charge is 1.94. The molecule has 0 bridgehead atoms. The van der Waals surface area contributed by atoms with Gasteiger partial charge in [-0.1, -0.05) is 12.1 Å². The predicted octanol–water partition coefficient (Wildman–Crippen LogP) is 1.95. The first-order valence-electron chi connectivity index (χ1n) is 4.37. The molecule has 1 heterocycles. The third-order valence-corrected chi connectivity index (χ3v) is 2.09. The first kappa shape index (κ1) is 8.20. The number of nitrogens with zero attached hydrogens (tertiary/aromatic N) is 1. The van der Waals surface area contributed by atoms with Crippen molar-refractivity contribution < 1.29 is 0 Å². The molecule has 1 N–H and O–H groups in total. The van der Waals surface area contributed by atoms with Gasteiger partial charge in [0.1, 0.15) is 0 Å². The molecule has 0 aliphatic carbocycles. The maximum atomic E-state index is 4.07. The lowest BCUT2D eigenvalue weighted by atomic mass is 10.1. The topological polar surface area (TPSA) is 24.9 Å². The number of hydrogen-bond donors (Lipinski definition) is 1. The van der Waals surface area contributed by atoms with E-state index in [9.17, 15) is 0 Å². The predicted molar refractivity (Wildman–Crippen MR) is 54.5 cm³/mol. The Morgan fingerprint density at radius 3 is 3.00 bits per heavy atom. The van der Waals surface area contributed by atoms with Crippen LogP contribution in [0.4, 0.5) is 0 Å². The van der Waals surface area contributed by atoms with Gasteiger partial charge in [-0.3, -0.25) is 4.98 Å². The fourth-order valence-corrected chi connectivity index (χ4v) is 1.45. The second-order valence-corrected chi connectivity index (χ2v) is 3.09. The van der Waals surface area contributed by atoms with Crippen LogP contribution in [0.15, 0.2) is 36.7 Å². The van der Waals surface area contributed by atoms with Crippen LogP contribution in [0.3, 0.4) is 0 Å². The van der Waals surface area contributed by atoms with E-state index < -0.39 is 0 Å². The summed E-state index contributed by atoms with van der Waals surface area (Å²) in [5.41, 5.74) is 1.31. The lowest BCUT2D eigenvalue weighted by Gasteiger charge is -2.01. The van der Waals surface area contributed by atoms with Crippen molar-refractivity contribution in [3.8, 4) is 0 Å². The Balaban J connectivity index is 2.49. The average molecular weight is 172 g/mol. The zero-order chi connectivity index (χ0) is 9.10. The van der Waals surface area contributed by atoms with Crippen molar-refractivity contribution in [1.82, 2.24) is 10.3 Å². The molecule has 0 aliphatic rings. The molecule has 13 heavy (non-hydrogen) atoms. The van der Waals surface area contributed by atoms with Crippen molar-refractivity contribution in [2.75, 3.05) is 7.05 Å². The van der Waals surface area contributed by atoms with E-state index >= 15 is 0 Å². The molecule has 0 fully saturated rings. The molecule has 0 saturated heterocycles. The van der Waals surface area contributed by atoms with Gasteiger partial charge in [0.2, 0.25) is 0 Å². The van der Waals surface area contributed by atoms with Crippen molar-refractivity contribution in [2.45, 2.75) is 6.54 Å². The quantitative estimate of drug-likeness (QED) is 0.749. The number of aromatic nitrogens is 1. The van der Waals surface area contributed by atoms with Crippen LogP contribution >= 0.6 is 0 Å². The number of nitrogens with one attached hydrogen (secondary N) is 1. The van der Waals surface area contributed by atoms with Gasteiger partial charge in [-0.25, -0.2) is 0 Å². The molecule has 2 nitrogen and oxygen atoms in total. The monoisotopic (exact) mass is 172 g/mol. The molecular weight excluding hydrogens is 160 g/mol. The third-order valence-electron chi connectivity index (χ3n) is 2.09. The zero-order valence-corrected chi connectivity index (χ0v) is 7.62. The molecule has 0 spiro atoms. The van der Waals surface area contributed by atoms with Gasteiger partial charge in [-0.15, -0.1) is 0 Å². The van der Waals surface area contributed by atoms with E-state index in [2.05, 4.69) is 28.5 Å². The van der Waals surface area contributed by atoms with Crippen LogP contribution in [0.25, 0.3) is 10.8 Å². The summed E-state index contributed by atoms with van der Waals surface area (Å²) in [4.78, 5) is 4.07. The number of pyridine rings is 1. The summed E-state index contributed by atoms with van der Waals surface area (Å²) in [5, 5.41) is 5.58. The summed E-state index contributed by atoms with van der Waals surface area (Å²) in [6, 6.07) is 8.46. The fraction of sp³-hybridized carbons (Fsp3) is 0.182. The summed E-state index contributed by atoms with van der Waals surface area (Å²) < 4.78 is 0. The van der Waals surface area contributed by atoms with Crippen LogP contribution < -0.4 is 5.32 Å². The molecule has 2 heteroatoms. The van der Waals surface area contributed by atoms with Gasteiger partial charge < -0.3 is 5.32 Å². The molecular formula is C11H12N2. The van der Waals surface area contributed by atoms with Gasteiger partial charge in [0.25, 0.3) is 0 Å². The fourth-order valence-electron chi connectivity index (χ4n) is 1.45. The highest BCUT2D eigenvalue weighted by Crippen LogP contribution is 2.13. The van der Waals surface area contributed by atoms with E-state index in [1.807, 2.05) is 25.5 Å². The number of hydrogen-bond acceptors (Lipinski definition) is 2. The molecule has 0 atom stereocenters. The van der Waals surface area contributed by atoms with Crippen molar-refractivity contribution in [3.05, 3.63) is 42.2 Å². The molecule has 2 aromatic rings. The van der Waals surface area contributed by atoms with Crippen molar-refractivity contribution in [1.29, 1.82) is 0 Å². The van der Waals surface area contributed by atoms with E-state index in [1.54, 1.807) is 0 Å². The molecule has 0 saturated carbocycles. The summed E-state index contributed by atoms with van der Waals surface area (Å²) in [6.45, 7) is 0.915. The first-order chi connectivity index (χ1) is 6.40. The molecule has 66 valence electrons. The lowest BCUT2D eigenvalue weighted by Crippen LogP contribution is -2.04. The van der Waals surface area contributed by atoms with Crippen LogP contribution in [0, 0.1) is 0 Å². The van der Waals surface area contributed by atoms with E-state index in [0.717, 1.165) is 6.54 Å². The Morgan fingerprint density at radius 1 is 1.23 bits per heavy atom. The van der Waals surface area contributed by atoms with Crippen molar-refractivity contribution in [3.63, 3.8) is 0 Å². The molecule has 0 amide bonds. The second kappa shape index (κ2) is 3.54. The normalized spacial score (nSPS) is 10.5. The van der Waals surface area contributed by atoms with Gasteiger partial charge in [0.15, 0.2) is 0 Å². The van der Waals surface area contributed by atoms with Gasteiger partial charge in [0, 0.05) is 24.3 Å². The number of fused-ring (bicyclic) bond motifs is 1. The number of benzene rings is 1. The average Bonchev–Trinajstić information content (AvgIpc) is 2.18. The standard InChI is InChI=1S/C11H12N2/c1-12-7-9-2-3-11-8-13-5-4-10(11)6-9/h2-6,8,12H,7H2,1H3. The third kappa shape index (κ3) is 1.68. The number of rotatable bonds is 2. The Bertz CT molecular complexity index is 410. The minimum absolute atomic E-state index is 0.915. The maximum absolute atomic E-state index is 4.07. The van der Waals surface area contributed by atoms with E-state index in [0.29, 0.717) is 0 Å². The van der Waals surface area contributed by atoms with E-state index in [4.69, 9.17) is 0 Å². The van der Waals surface area contributed by atoms with Gasteiger partial charge in [-0.2, -0.15) is 0 Å². The summed E-state index contributed by atoms with van der Waals surface area (Å²) in [7, 11) is 1.96. The smallest absolute Gasteiger partial charge is 0.0346 e. The van der Waals surface area contributed by atoms with Crippen LogP contribution in [0.5, 0.6) is 0 Å². The van der Waals surface area contributed by atoms with Gasteiger partial charge in [0.05, 0.1) is 0 Å². The Labute approximate surface area is 77.6 Å². The van der Waals surface area contributed by atoms with Crippen molar-refractivity contribution >= 4 is 10.8 Å². The largest absolute Gasteiger partial charge is 0.316 e. The van der Waals surface area contributed by atoms with E-state index in [-0.39, 0.29) is 0 Å². The minimum atomic E-state index is 0.915. The lowest BCUT2D eigenvalue weighted by molar-refractivity contribution is 0.819. The molecule has 0 radical (unpaired) electrons. The Morgan fingerprint density at radius 2 is 2.15 bits per heavy atom. The summed E-state index contributed by atoms with van der Waals surface area (Å²) in [5.74, 6) is 0. The maximum Gasteiger partial charge on any atom is 0.0346 e. The SMILES string of the molecule is CNCc1ccc2cnccc2c1. The summed E-state index contributed by atoms with van der Waals surface area (Å²) in [6.07, 6.45) is 3.71. The van der Waals surface area contributed by atoms with E-state index in [1.165, 1.54) is 16.3 Å². The zero-order valence-electron chi connectivity index (χ0n) is 7.62. The summed E-state index contributed by atoms with van der Waals surface area (Å²) >= 11 is 0. The molecule has 0 aliphatic heterocycles. The van der Waals surface area contributed by atoms with Gasteiger partial charge in [-0.05, 0) is 30.1 Å². The Hall–Kier alpha value is -1.41. The molecule has 1 aromatic heterocycles.